The fourth-order valence-corrected chi connectivity index (χ4v) is 1.91. The van der Waals surface area contributed by atoms with Crippen molar-refractivity contribution in [1.29, 1.82) is 0 Å². The first-order valence-corrected chi connectivity index (χ1v) is 6.25. The van der Waals surface area contributed by atoms with Crippen molar-refractivity contribution in [3.8, 4) is 0 Å². The SMILES string of the molecule is Cc1c(Cl)c(C(=O)Nc2ccc(C(F)(F)F)cc2)nn1C. The van der Waals surface area contributed by atoms with E-state index in [0.717, 1.165) is 12.1 Å². The highest BCUT2D eigenvalue weighted by Gasteiger charge is 2.30. The Hall–Kier alpha value is -2.02. The van der Waals surface area contributed by atoms with Crippen LogP contribution in [-0.2, 0) is 13.2 Å². The van der Waals surface area contributed by atoms with Crippen molar-refractivity contribution in [2.45, 2.75) is 13.1 Å². The quantitative estimate of drug-likeness (QED) is 0.919. The second-order valence-electron chi connectivity index (χ2n) is 4.40. The number of carbonyl (C=O) groups excluding carboxylic acids is 1. The fourth-order valence-electron chi connectivity index (χ4n) is 1.66. The summed E-state index contributed by atoms with van der Waals surface area (Å²) in [5.41, 5.74) is 0.0883. The molecule has 0 bridgehead atoms. The molecule has 0 atom stereocenters. The number of rotatable bonds is 2. The zero-order valence-corrected chi connectivity index (χ0v) is 11.9. The number of carbonyl (C=O) groups is 1. The molecule has 0 saturated heterocycles. The Labute approximate surface area is 123 Å². The average Bonchev–Trinajstić information content (AvgIpc) is 2.66. The molecule has 0 aliphatic rings. The van der Waals surface area contributed by atoms with Gasteiger partial charge in [-0.15, -0.1) is 0 Å². The predicted octanol–water partition coefficient (Wildman–Crippen LogP) is 3.65. The normalized spacial score (nSPS) is 11.5. The van der Waals surface area contributed by atoms with Gasteiger partial charge in [-0.1, -0.05) is 11.6 Å². The monoisotopic (exact) mass is 317 g/mol. The highest BCUT2D eigenvalue weighted by atomic mass is 35.5. The number of nitrogens with zero attached hydrogens (tertiary/aromatic N) is 2. The van der Waals surface area contributed by atoms with Crippen LogP contribution >= 0.6 is 11.6 Å². The van der Waals surface area contributed by atoms with Gasteiger partial charge >= 0.3 is 6.18 Å². The molecule has 1 aromatic heterocycles. The number of alkyl halides is 3. The lowest BCUT2D eigenvalue weighted by atomic mass is 10.2. The van der Waals surface area contributed by atoms with Crippen molar-refractivity contribution >= 4 is 23.2 Å². The van der Waals surface area contributed by atoms with Gasteiger partial charge in [0, 0.05) is 12.7 Å². The standard InChI is InChI=1S/C13H11ClF3N3O/c1-7-10(14)11(19-20(7)2)12(21)18-9-5-3-8(4-6-9)13(15,16)17/h3-6H,1-2H3,(H,18,21). The van der Waals surface area contributed by atoms with Crippen LogP contribution in [0.3, 0.4) is 0 Å². The Morgan fingerprint density at radius 2 is 1.86 bits per heavy atom. The predicted molar refractivity (Wildman–Crippen MR) is 72.4 cm³/mol. The van der Waals surface area contributed by atoms with Gasteiger partial charge in [0.25, 0.3) is 5.91 Å². The second-order valence-corrected chi connectivity index (χ2v) is 4.78. The van der Waals surface area contributed by atoms with Crippen LogP contribution in [-0.4, -0.2) is 15.7 Å². The average molecular weight is 318 g/mol. The van der Waals surface area contributed by atoms with Gasteiger partial charge in [-0.05, 0) is 31.2 Å². The van der Waals surface area contributed by atoms with E-state index in [-0.39, 0.29) is 16.4 Å². The van der Waals surface area contributed by atoms with E-state index >= 15 is 0 Å². The number of aromatic nitrogens is 2. The Kier molecular flexibility index (Phi) is 3.95. The van der Waals surface area contributed by atoms with Gasteiger partial charge in [0.2, 0.25) is 0 Å². The molecule has 4 nitrogen and oxygen atoms in total. The van der Waals surface area contributed by atoms with E-state index in [1.165, 1.54) is 16.8 Å². The Bertz CT molecular complexity index is 677. The van der Waals surface area contributed by atoms with Crippen LogP contribution in [0.5, 0.6) is 0 Å². The van der Waals surface area contributed by atoms with Gasteiger partial charge < -0.3 is 5.32 Å². The number of anilines is 1. The summed E-state index contributed by atoms with van der Waals surface area (Å²) in [4.78, 5) is 12.0. The van der Waals surface area contributed by atoms with E-state index in [0.29, 0.717) is 5.69 Å². The Morgan fingerprint density at radius 1 is 1.29 bits per heavy atom. The highest BCUT2D eigenvalue weighted by Crippen LogP contribution is 2.30. The summed E-state index contributed by atoms with van der Waals surface area (Å²) in [5, 5.41) is 6.62. The van der Waals surface area contributed by atoms with E-state index < -0.39 is 17.6 Å². The first kappa shape index (κ1) is 15.4. The van der Waals surface area contributed by atoms with Crippen LogP contribution in [0.15, 0.2) is 24.3 Å². The molecular weight excluding hydrogens is 307 g/mol. The fraction of sp³-hybridized carbons (Fsp3) is 0.231. The largest absolute Gasteiger partial charge is 0.416 e. The lowest BCUT2D eigenvalue weighted by Crippen LogP contribution is -2.14. The van der Waals surface area contributed by atoms with Crippen LogP contribution in [0.2, 0.25) is 5.02 Å². The molecule has 21 heavy (non-hydrogen) atoms. The molecule has 0 unspecified atom stereocenters. The molecule has 0 saturated carbocycles. The molecule has 1 aromatic carbocycles. The smallest absolute Gasteiger partial charge is 0.321 e. The van der Waals surface area contributed by atoms with Crippen LogP contribution in [0.1, 0.15) is 21.7 Å². The van der Waals surface area contributed by atoms with Crippen molar-refractivity contribution < 1.29 is 18.0 Å². The minimum atomic E-state index is -4.41. The lowest BCUT2D eigenvalue weighted by molar-refractivity contribution is -0.137. The van der Waals surface area contributed by atoms with Crippen LogP contribution < -0.4 is 5.32 Å². The third kappa shape index (κ3) is 3.18. The summed E-state index contributed by atoms with van der Waals surface area (Å²) in [6.45, 7) is 1.70. The first-order chi connectivity index (χ1) is 9.70. The molecule has 8 heteroatoms. The number of amides is 1. The van der Waals surface area contributed by atoms with Crippen molar-refractivity contribution in [3.63, 3.8) is 0 Å². The van der Waals surface area contributed by atoms with E-state index in [1.807, 2.05) is 0 Å². The summed E-state index contributed by atoms with van der Waals surface area (Å²) in [5.74, 6) is -0.580. The highest BCUT2D eigenvalue weighted by molar-refractivity contribution is 6.34. The third-order valence-electron chi connectivity index (χ3n) is 2.95. The topological polar surface area (TPSA) is 46.9 Å². The number of hydrogen-bond donors (Lipinski definition) is 1. The van der Waals surface area contributed by atoms with Gasteiger partial charge in [-0.25, -0.2) is 0 Å². The van der Waals surface area contributed by atoms with Crippen LogP contribution in [0.4, 0.5) is 18.9 Å². The third-order valence-corrected chi connectivity index (χ3v) is 3.40. The van der Waals surface area contributed by atoms with E-state index in [1.54, 1.807) is 14.0 Å². The molecule has 1 amide bonds. The van der Waals surface area contributed by atoms with Gasteiger partial charge in [-0.3, -0.25) is 9.48 Å². The summed E-state index contributed by atoms with van der Waals surface area (Å²) >= 11 is 5.97. The summed E-state index contributed by atoms with van der Waals surface area (Å²) < 4.78 is 38.7. The maximum Gasteiger partial charge on any atom is 0.416 e. The number of benzene rings is 1. The molecule has 1 N–H and O–H groups in total. The van der Waals surface area contributed by atoms with E-state index in [9.17, 15) is 18.0 Å². The van der Waals surface area contributed by atoms with Gasteiger partial charge in [0.05, 0.1) is 16.3 Å². The molecule has 2 rings (SSSR count). The summed E-state index contributed by atoms with van der Waals surface area (Å²) in [6.07, 6.45) is -4.41. The van der Waals surface area contributed by atoms with E-state index in [4.69, 9.17) is 11.6 Å². The minimum Gasteiger partial charge on any atom is -0.321 e. The van der Waals surface area contributed by atoms with Crippen molar-refractivity contribution in [2.24, 2.45) is 7.05 Å². The molecular formula is C13H11ClF3N3O. The van der Waals surface area contributed by atoms with Crippen molar-refractivity contribution in [3.05, 3.63) is 46.2 Å². The van der Waals surface area contributed by atoms with Gasteiger partial charge in [0.15, 0.2) is 5.69 Å². The zero-order valence-electron chi connectivity index (χ0n) is 11.1. The van der Waals surface area contributed by atoms with Crippen molar-refractivity contribution in [1.82, 2.24) is 9.78 Å². The van der Waals surface area contributed by atoms with E-state index in [2.05, 4.69) is 10.4 Å². The van der Waals surface area contributed by atoms with Crippen molar-refractivity contribution in [2.75, 3.05) is 5.32 Å². The van der Waals surface area contributed by atoms with Crippen LogP contribution in [0.25, 0.3) is 0 Å². The number of hydrogen-bond acceptors (Lipinski definition) is 2. The Morgan fingerprint density at radius 3 is 2.29 bits per heavy atom. The molecule has 2 aromatic rings. The molecule has 0 aliphatic heterocycles. The number of aryl methyl sites for hydroxylation is 1. The molecule has 1 heterocycles. The lowest BCUT2D eigenvalue weighted by Gasteiger charge is -2.08. The molecule has 0 spiro atoms. The molecule has 0 fully saturated rings. The maximum absolute atomic E-state index is 12.4. The van der Waals surface area contributed by atoms with Crippen LogP contribution in [0, 0.1) is 6.92 Å². The maximum atomic E-state index is 12.4. The first-order valence-electron chi connectivity index (χ1n) is 5.88. The van der Waals surface area contributed by atoms with Gasteiger partial charge in [-0.2, -0.15) is 18.3 Å². The number of halogens is 4. The van der Waals surface area contributed by atoms with Gasteiger partial charge in [0.1, 0.15) is 0 Å². The number of nitrogens with one attached hydrogen (secondary N) is 1. The molecule has 112 valence electrons. The summed E-state index contributed by atoms with van der Waals surface area (Å²) in [7, 11) is 1.64. The summed E-state index contributed by atoms with van der Waals surface area (Å²) in [6, 6.07) is 4.12. The molecule has 0 aliphatic carbocycles. The zero-order chi connectivity index (χ0) is 15.8. The molecule has 0 radical (unpaired) electrons. The second kappa shape index (κ2) is 5.40. The minimum absolute atomic E-state index is 0.0246. The Balaban J connectivity index is 2.18.